The van der Waals surface area contributed by atoms with Crippen LogP contribution in [0.3, 0.4) is 0 Å². The van der Waals surface area contributed by atoms with Gasteiger partial charge in [0.1, 0.15) is 30.5 Å². The van der Waals surface area contributed by atoms with Gasteiger partial charge in [0.2, 0.25) is 0 Å². The second-order valence-electron chi connectivity index (χ2n) is 7.14. The number of nitrogens with two attached hydrogens (primary N) is 1. The molecule has 4 rings (SSSR count). The third kappa shape index (κ3) is 3.53. The maximum absolute atomic E-state index is 10.4. The third-order valence-corrected chi connectivity index (χ3v) is 6.32. The molecule has 0 radical (unpaired) electrons. The van der Waals surface area contributed by atoms with Crippen LogP contribution in [0, 0.1) is 0 Å². The molecule has 6 N–H and O–H groups in total. The Balaban J connectivity index is 1.63. The van der Waals surface area contributed by atoms with E-state index < -0.39 is 37.1 Å². The topological polar surface area (TPSA) is 116 Å². The van der Waals surface area contributed by atoms with Crippen LogP contribution in [0.25, 0.3) is 10.1 Å². The van der Waals surface area contributed by atoms with Crippen LogP contribution in [0.15, 0.2) is 48.5 Å². The standard InChI is InChI=1S/C21H23NO5S/c22-15-6-5-11(7-13-9-12-3-1-2-4-17(12)28-13)8-14(15)21-20(26)19(25)18(24)16(10-23)27-21/h1-6,8-9,16,18-21,23-26H,7,10,22H2/t16-,18-,19+,20-,21+/m1/s1. The highest BCUT2D eigenvalue weighted by Crippen LogP contribution is 2.36. The predicted molar refractivity (Wildman–Crippen MR) is 108 cm³/mol. The van der Waals surface area contributed by atoms with E-state index in [2.05, 4.69) is 18.2 Å². The average Bonchev–Trinajstić information content (AvgIpc) is 3.10. The fourth-order valence-electron chi connectivity index (χ4n) is 3.66. The third-order valence-electron chi connectivity index (χ3n) is 5.20. The zero-order chi connectivity index (χ0) is 19.8. The van der Waals surface area contributed by atoms with Crippen molar-refractivity contribution < 1.29 is 25.2 Å². The van der Waals surface area contributed by atoms with Crippen LogP contribution in [0.2, 0.25) is 0 Å². The van der Waals surface area contributed by atoms with Gasteiger partial charge in [0.05, 0.1) is 6.61 Å². The number of anilines is 1. The summed E-state index contributed by atoms with van der Waals surface area (Å²) >= 11 is 1.72. The maximum atomic E-state index is 10.4. The number of aliphatic hydroxyl groups is 4. The van der Waals surface area contributed by atoms with E-state index in [4.69, 9.17) is 10.5 Å². The monoisotopic (exact) mass is 401 g/mol. The van der Waals surface area contributed by atoms with Crippen molar-refractivity contribution in [2.24, 2.45) is 0 Å². The Morgan fingerprint density at radius 3 is 2.50 bits per heavy atom. The van der Waals surface area contributed by atoms with Crippen molar-refractivity contribution in [3.05, 3.63) is 64.5 Å². The summed E-state index contributed by atoms with van der Waals surface area (Å²) < 4.78 is 6.89. The molecule has 0 unspecified atom stereocenters. The lowest BCUT2D eigenvalue weighted by Crippen LogP contribution is -2.55. The van der Waals surface area contributed by atoms with Gasteiger partial charge < -0.3 is 30.9 Å². The first-order chi connectivity index (χ1) is 13.5. The molecular formula is C21H23NO5S. The summed E-state index contributed by atoms with van der Waals surface area (Å²) in [5, 5.41) is 41.1. The van der Waals surface area contributed by atoms with E-state index in [0.29, 0.717) is 17.7 Å². The van der Waals surface area contributed by atoms with Gasteiger partial charge in [-0.25, -0.2) is 0 Å². The van der Waals surface area contributed by atoms with Crippen molar-refractivity contribution in [1.29, 1.82) is 0 Å². The number of aliphatic hydroxyl groups excluding tert-OH is 4. The van der Waals surface area contributed by atoms with Gasteiger partial charge in [0.15, 0.2) is 0 Å². The minimum Gasteiger partial charge on any atom is -0.398 e. The fraction of sp³-hybridized carbons (Fsp3) is 0.333. The number of hydrogen-bond donors (Lipinski definition) is 5. The molecule has 1 aromatic heterocycles. The van der Waals surface area contributed by atoms with Crippen LogP contribution in [-0.4, -0.2) is 51.4 Å². The van der Waals surface area contributed by atoms with Gasteiger partial charge in [0.25, 0.3) is 0 Å². The lowest BCUT2D eigenvalue weighted by Gasteiger charge is -2.40. The zero-order valence-electron chi connectivity index (χ0n) is 15.1. The lowest BCUT2D eigenvalue weighted by atomic mass is 9.89. The Hall–Kier alpha value is -2.00. The highest BCUT2D eigenvalue weighted by Gasteiger charge is 2.44. The normalized spacial score (nSPS) is 27.9. The molecular weight excluding hydrogens is 378 g/mol. The predicted octanol–water partition coefficient (Wildman–Crippen LogP) is 1.59. The lowest BCUT2D eigenvalue weighted by molar-refractivity contribution is -0.231. The van der Waals surface area contributed by atoms with E-state index in [-0.39, 0.29) is 0 Å². The highest BCUT2D eigenvalue weighted by atomic mass is 32.1. The van der Waals surface area contributed by atoms with Crippen molar-refractivity contribution in [1.82, 2.24) is 0 Å². The molecule has 2 aromatic carbocycles. The summed E-state index contributed by atoms with van der Waals surface area (Å²) in [5.74, 6) is 0. The number of rotatable bonds is 4. The molecule has 0 bridgehead atoms. The minimum absolute atomic E-state index is 0.421. The minimum atomic E-state index is -1.43. The fourth-order valence-corrected chi connectivity index (χ4v) is 4.76. The van der Waals surface area contributed by atoms with Crippen molar-refractivity contribution >= 4 is 27.1 Å². The van der Waals surface area contributed by atoms with Crippen molar-refractivity contribution in [3.63, 3.8) is 0 Å². The van der Waals surface area contributed by atoms with Crippen LogP contribution >= 0.6 is 11.3 Å². The summed E-state index contributed by atoms with van der Waals surface area (Å²) in [4.78, 5) is 1.20. The molecule has 3 aromatic rings. The van der Waals surface area contributed by atoms with Crippen LogP contribution < -0.4 is 5.73 Å². The second kappa shape index (κ2) is 7.79. The summed E-state index contributed by atoms with van der Waals surface area (Å²) in [5.41, 5.74) is 8.06. The average molecular weight is 401 g/mol. The van der Waals surface area contributed by atoms with Gasteiger partial charge in [-0.1, -0.05) is 30.3 Å². The van der Waals surface area contributed by atoms with Crippen LogP contribution in [0.1, 0.15) is 22.1 Å². The van der Waals surface area contributed by atoms with E-state index in [1.54, 1.807) is 17.4 Å². The molecule has 1 aliphatic heterocycles. The molecule has 7 heteroatoms. The quantitative estimate of drug-likeness (QED) is 0.424. The highest BCUT2D eigenvalue weighted by molar-refractivity contribution is 7.19. The van der Waals surface area contributed by atoms with Gasteiger partial charge in [-0.05, 0) is 29.1 Å². The van der Waals surface area contributed by atoms with Crippen LogP contribution in [0.4, 0.5) is 5.69 Å². The van der Waals surface area contributed by atoms with E-state index in [9.17, 15) is 20.4 Å². The Morgan fingerprint density at radius 1 is 0.964 bits per heavy atom. The number of benzene rings is 2. The Bertz CT molecular complexity index is 939. The summed E-state index contributed by atoms with van der Waals surface area (Å²) in [6.07, 6.45) is -5.36. The molecule has 148 valence electrons. The molecule has 1 saturated heterocycles. The molecule has 28 heavy (non-hydrogen) atoms. The molecule has 0 amide bonds. The van der Waals surface area contributed by atoms with Crippen molar-refractivity contribution in [3.8, 4) is 0 Å². The summed E-state index contributed by atoms with van der Waals surface area (Å²) in [6, 6.07) is 15.9. The van der Waals surface area contributed by atoms with Crippen molar-refractivity contribution in [2.45, 2.75) is 36.9 Å². The Labute approximate surface area is 166 Å². The Morgan fingerprint density at radius 2 is 1.75 bits per heavy atom. The number of nitrogen functional groups attached to an aromatic ring is 1. The van der Waals surface area contributed by atoms with Gasteiger partial charge >= 0.3 is 0 Å². The van der Waals surface area contributed by atoms with Crippen LogP contribution in [0.5, 0.6) is 0 Å². The van der Waals surface area contributed by atoms with E-state index in [1.807, 2.05) is 24.3 Å². The number of ether oxygens (including phenoxy) is 1. The van der Waals surface area contributed by atoms with E-state index in [0.717, 1.165) is 5.56 Å². The van der Waals surface area contributed by atoms with E-state index >= 15 is 0 Å². The first-order valence-corrected chi connectivity index (χ1v) is 9.96. The smallest absolute Gasteiger partial charge is 0.114 e. The SMILES string of the molecule is Nc1ccc(Cc2cc3ccccc3s2)cc1[C@@H]1O[C@H](CO)[C@@H](O)[C@H](O)[C@H]1O. The van der Waals surface area contributed by atoms with Crippen molar-refractivity contribution in [2.75, 3.05) is 12.3 Å². The summed E-state index contributed by atoms with van der Waals surface area (Å²) in [6.45, 7) is -0.469. The first-order valence-electron chi connectivity index (χ1n) is 9.14. The molecule has 2 heterocycles. The van der Waals surface area contributed by atoms with E-state index in [1.165, 1.54) is 15.0 Å². The largest absolute Gasteiger partial charge is 0.398 e. The molecule has 1 fully saturated rings. The molecule has 0 spiro atoms. The molecule has 6 nitrogen and oxygen atoms in total. The second-order valence-corrected chi connectivity index (χ2v) is 8.31. The van der Waals surface area contributed by atoms with Gasteiger partial charge in [-0.2, -0.15) is 0 Å². The first kappa shape index (κ1) is 19.3. The maximum Gasteiger partial charge on any atom is 0.114 e. The molecule has 1 aliphatic rings. The van der Waals surface area contributed by atoms with Crippen LogP contribution in [-0.2, 0) is 11.2 Å². The van der Waals surface area contributed by atoms with Gasteiger partial charge in [-0.3, -0.25) is 0 Å². The summed E-state index contributed by atoms with van der Waals surface area (Å²) in [7, 11) is 0. The Kier molecular flexibility index (Phi) is 5.37. The molecule has 0 saturated carbocycles. The number of thiophene rings is 1. The van der Waals surface area contributed by atoms with Gasteiger partial charge in [-0.15, -0.1) is 11.3 Å². The number of hydrogen-bond acceptors (Lipinski definition) is 7. The molecule has 0 aliphatic carbocycles. The number of fused-ring (bicyclic) bond motifs is 1. The molecule has 5 atom stereocenters. The van der Waals surface area contributed by atoms with Gasteiger partial charge in [0, 0.05) is 27.2 Å². The zero-order valence-corrected chi connectivity index (χ0v) is 15.9.